The Bertz CT molecular complexity index is 1470. The van der Waals surface area contributed by atoms with Crippen molar-refractivity contribution in [3.8, 4) is 11.5 Å². The number of carbonyl (C=O) groups excluding carboxylic acids is 3. The highest BCUT2D eigenvalue weighted by Gasteiger charge is 2.25. The van der Waals surface area contributed by atoms with Crippen LogP contribution in [0.5, 0.6) is 0 Å². The summed E-state index contributed by atoms with van der Waals surface area (Å²) in [6.07, 6.45) is 5.48. The zero-order valence-electron chi connectivity index (χ0n) is 20.1. The van der Waals surface area contributed by atoms with Gasteiger partial charge in [-0.1, -0.05) is 12.1 Å². The molecule has 1 atom stereocenters. The van der Waals surface area contributed by atoms with Crippen molar-refractivity contribution in [3.63, 3.8) is 0 Å². The minimum atomic E-state index is -0.516. The fourth-order valence-corrected chi connectivity index (χ4v) is 4.14. The van der Waals surface area contributed by atoms with Gasteiger partial charge in [0.25, 0.3) is 5.91 Å². The van der Waals surface area contributed by atoms with E-state index in [1.807, 2.05) is 6.92 Å². The predicted octanol–water partition coefficient (Wildman–Crippen LogP) is 2.25. The third kappa shape index (κ3) is 4.99. The maximum Gasteiger partial charge on any atom is 0.307 e. The second-order valence-electron chi connectivity index (χ2n) is 8.58. The number of cyclic esters (lactones) is 1. The summed E-state index contributed by atoms with van der Waals surface area (Å²) in [5, 5.41) is 11.4. The summed E-state index contributed by atoms with van der Waals surface area (Å²) in [5.41, 5.74) is 8.44. The number of benzene rings is 1. The van der Waals surface area contributed by atoms with Crippen LogP contribution < -0.4 is 16.4 Å². The number of oxazole rings is 1. The van der Waals surface area contributed by atoms with Gasteiger partial charge >= 0.3 is 5.97 Å². The molecule has 1 aliphatic rings. The summed E-state index contributed by atoms with van der Waals surface area (Å²) in [4.78, 5) is 44.7. The largest absolute Gasteiger partial charge is 0.466 e. The lowest BCUT2D eigenvalue weighted by Crippen LogP contribution is -2.31. The van der Waals surface area contributed by atoms with Gasteiger partial charge in [0.05, 0.1) is 35.9 Å². The molecule has 1 unspecified atom stereocenters. The fourth-order valence-electron chi connectivity index (χ4n) is 4.14. The average Bonchev–Trinajstić information content (AvgIpc) is 3.55. The van der Waals surface area contributed by atoms with Crippen LogP contribution in [-0.2, 0) is 22.6 Å². The molecule has 5 rings (SSSR count). The highest BCUT2D eigenvalue weighted by molar-refractivity contribution is 5.98. The minimum Gasteiger partial charge on any atom is -0.466 e. The quantitative estimate of drug-likeness (QED) is 0.305. The molecule has 12 heteroatoms. The topological polar surface area (TPSA) is 167 Å². The molecule has 12 nitrogen and oxygen atoms in total. The lowest BCUT2D eigenvalue weighted by atomic mass is 10.1. The number of hydrogen-bond acceptors (Lipinski definition) is 9. The molecule has 2 amide bonds. The molecule has 0 saturated carbocycles. The number of rotatable bonds is 8. The Hall–Kier alpha value is -4.74. The molecule has 3 aromatic heterocycles. The number of primary amides is 1. The molecule has 37 heavy (non-hydrogen) atoms. The van der Waals surface area contributed by atoms with Crippen LogP contribution in [0.3, 0.4) is 0 Å². The lowest BCUT2D eigenvalue weighted by Gasteiger charge is -2.24. The molecule has 1 fully saturated rings. The third-order valence-electron chi connectivity index (χ3n) is 6.12. The number of aromatic nitrogens is 4. The number of aryl methyl sites for hydroxylation is 1. The summed E-state index contributed by atoms with van der Waals surface area (Å²) < 4.78 is 12.5. The predicted molar refractivity (Wildman–Crippen MR) is 132 cm³/mol. The van der Waals surface area contributed by atoms with E-state index in [1.165, 1.54) is 6.26 Å². The first-order chi connectivity index (χ1) is 17.9. The first-order valence-corrected chi connectivity index (χ1v) is 11.8. The molecule has 1 saturated heterocycles. The van der Waals surface area contributed by atoms with Crippen molar-refractivity contribution in [1.82, 2.24) is 25.1 Å². The third-order valence-corrected chi connectivity index (χ3v) is 6.12. The van der Waals surface area contributed by atoms with Gasteiger partial charge in [-0.25, -0.2) is 14.6 Å². The summed E-state index contributed by atoms with van der Waals surface area (Å²) in [7, 11) is 0. The van der Waals surface area contributed by atoms with Crippen molar-refractivity contribution in [2.45, 2.75) is 38.9 Å². The molecule has 190 valence electrons. The van der Waals surface area contributed by atoms with Gasteiger partial charge in [0.15, 0.2) is 11.3 Å². The number of pyridine rings is 1. The second kappa shape index (κ2) is 10.1. The van der Waals surface area contributed by atoms with E-state index >= 15 is 0 Å². The van der Waals surface area contributed by atoms with E-state index in [9.17, 15) is 14.4 Å². The van der Waals surface area contributed by atoms with Crippen LogP contribution in [0.15, 0.2) is 47.3 Å². The Balaban J connectivity index is 1.38. The molecule has 0 aliphatic carbocycles. The van der Waals surface area contributed by atoms with Crippen molar-refractivity contribution in [2.24, 2.45) is 5.73 Å². The number of ether oxygens (including phenoxy) is 1. The van der Waals surface area contributed by atoms with Crippen molar-refractivity contribution >= 4 is 34.5 Å². The van der Waals surface area contributed by atoms with E-state index in [2.05, 4.69) is 25.7 Å². The van der Waals surface area contributed by atoms with Crippen molar-refractivity contribution in [1.29, 1.82) is 0 Å². The fraction of sp³-hybridized carbons (Fsp3) is 0.280. The first kappa shape index (κ1) is 24.0. The number of amides is 2. The smallest absolute Gasteiger partial charge is 0.307 e. The number of esters is 1. The Morgan fingerprint density at radius 1 is 1.22 bits per heavy atom. The molecule has 0 bridgehead atoms. The monoisotopic (exact) mass is 503 g/mol. The van der Waals surface area contributed by atoms with Crippen LogP contribution in [0.2, 0.25) is 0 Å². The zero-order valence-corrected chi connectivity index (χ0v) is 20.1. The van der Waals surface area contributed by atoms with E-state index in [1.54, 1.807) is 41.3 Å². The molecule has 4 heterocycles. The van der Waals surface area contributed by atoms with Gasteiger partial charge in [-0.05, 0) is 24.6 Å². The number of carbonyl (C=O) groups is 3. The molecule has 4 aromatic rings. The number of hydrogen-bond donors (Lipinski definition) is 3. The molecule has 1 aromatic carbocycles. The summed E-state index contributed by atoms with van der Waals surface area (Å²) in [6, 6.07) is 6.48. The Morgan fingerprint density at radius 3 is 2.76 bits per heavy atom. The summed E-state index contributed by atoms with van der Waals surface area (Å²) in [6.45, 7) is 3.17. The SMILES string of the molecule is CCn1ncc2c(NC3CCOC(=O)C3)c(-c3nc(C(=O)NCc4ccc(C(N)=O)cc4)co3)cnc21. The van der Waals surface area contributed by atoms with Crippen LogP contribution >= 0.6 is 0 Å². The van der Waals surface area contributed by atoms with E-state index in [0.29, 0.717) is 42.0 Å². The minimum absolute atomic E-state index is 0.0975. The number of nitrogens with one attached hydrogen (secondary N) is 2. The van der Waals surface area contributed by atoms with Gasteiger partial charge in [-0.3, -0.25) is 14.4 Å². The highest BCUT2D eigenvalue weighted by Crippen LogP contribution is 2.34. The van der Waals surface area contributed by atoms with Crippen molar-refractivity contribution < 1.29 is 23.5 Å². The van der Waals surface area contributed by atoms with Gasteiger partial charge < -0.3 is 25.5 Å². The van der Waals surface area contributed by atoms with E-state index in [4.69, 9.17) is 14.9 Å². The average molecular weight is 504 g/mol. The molecular formula is C25H25N7O5. The van der Waals surface area contributed by atoms with Gasteiger partial charge in [0.2, 0.25) is 11.8 Å². The van der Waals surface area contributed by atoms with E-state index in [-0.39, 0.29) is 36.6 Å². The first-order valence-electron chi connectivity index (χ1n) is 11.8. The standard InChI is InChI=1S/C25H25N7O5/c1-2-32-23-17(12-29-32)21(30-16-7-8-36-20(33)9-16)18(11-27-23)25-31-19(13-37-25)24(35)28-10-14-3-5-15(6-4-14)22(26)34/h3-6,11-13,16H,2,7-10H2,1H3,(H2,26,34)(H,27,30)(H,28,35). The van der Waals surface area contributed by atoms with Gasteiger partial charge in [-0.15, -0.1) is 0 Å². The van der Waals surface area contributed by atoms with Crippen LogP contribution in [-0.4, -0.2) is 50.2 Å². The van der Waals surface area contributed by atoms with E-state index < -0.39 is 11.8 Å². The number of fused-ring (bicyclic) bond motifs is 1. The van der Waals surface area contributed by atoms with Gasteiger partial charge in [-0.2, -0.15) is 5.10 Å². The normalized spacial score (nSPS) is 15.4. The zero-order chi connectivity index (χ0) is 25.9. The van der Waals surface area contributed by atoms with Crippen molar-refractivity contribution in [2.75, 3.05) is 11.9 Å². The van der Waals surface area contributed by atoms with Crippen LogP contribution in [0.25, 0.3) is 22.5 Å². The molecule has 0 spiro atoms. The van der Waals surface area contributed by atoms with Crippen molar-refractivity contribution in [3.05, 3.63) is 59.7 Å². The highest BCUT2D eigenvalue weighted by atomic mass is 16.5. The second-order valence-corrected chi connectivity index (χ2v) is 8.58. The summed E-state index contributed by atoms with van der Waals surface area (Å²) in [5.74, 6) is -1.00. The summed E-state index contributed by atoms with van der Waals surface area (Å²) >= 11 is 0. The number of nitrogens with two attached hydrogens (primary N) is 1. The Labute approximate surface area is 211 Å². The van der Waals surface area contributed by atoms with Crippen LogP contribution in [0, 0.1) is 0 Å². The molecule has 1 aliphatic heterocycles. The van der Waals surface area contributed by atoms with Crippen LogP contribution in [0.1, 0.15) is 46.2 Å². The molecule has 0 radical (unpaired) electrons. The molecular weight excluding hydrogens is 478 g/mol. The van der Waals surface area contributed by atoms with Gasteiger partial charge in [0, 0.05) is 37.3 Å². The van der Waals surface area contributed by atoms with Gasteiger partial charge in [0.1, 0.15) is 6.26 Å². The maximum atomic E-state index is 12.7. The number of nitrogens with zero attached hydrogens (tertiary/aromatic N) is 4. The lowest BCUT2D eigenvalue weighted by molar-refractivity contribution is -0.147. The molecule has 4 N–H and O–H groups in total. The Morgan fingerprint density at radius 2 is 2.03 bits per heavy atom. The number of anilines is 1. The van der Waals surface area contributed by atoms with E-state index in [0.717, 1.165) is 10.9 Å². The van der Waals surface area contributed by atoms with Crippen LogP contribution in [0.4, 0.5) is 5.69 Å². The Kier molecular flexibility index (Phi) is 6.54. The maximum absolute atomic E-state index is 12.7.